The molecule has 0 saturated carbocycles. The Hall–Kier alpha value is -2.14. The van der Waals surface area contributed by atoms with Gasteiger partial charge in [-0.15, -0.1) is 0 Å². The van der Waals surface area contributed by atoms with Gasteiger partial charge >= 0.3 is 5.76 Å². The van der Waals surface area contributed by atoms with Crippen molar-refractivity contribution in [3.8, 4) is 0 Å². The fraction of sp³-hybridized carbons (Fsp3) is 0.0769. The first-order valence-electron chi connectivity index (χ1n) is 5.54. The van der Waals surface area contributed by atoms with Crippen LogP contribution in [0.4, 0.5) is 4.39 Å². The van der Waals surface area contributed by atoms with Crippen LogP contribution in [-0.2, 0) is 6.54 Å². The Morgan fingerprint density at radius 3 is 2.95 bits per heavy atom. The molecule has 0 spiro atoms. The number of nitrogens with zero attached hydrogens (tertiary/aromatic N) is 2. The first-order valence-corrected chi connectivity index (χ1v) is 5.92. The Morgan fingerprint density at radius 2 is 2.16 bits per heavy atom. The van der Waals surface area contributed by atoms with Crippen molar-refractivity contribution in [1.29, 1.82) is 0 Å². The van der Waals surface area contributed by atoms with Gasteiger partial charge in [0.1, 0.15) is 5.82 Å². The van der Waals surface area contributed by atoms with Gasteiger partial charge in [-0.2, -0.15) is 0 Å². The molecular formula is C13H8ClFN2O2. The number of hydrogen-bond donors (Lipinski definition) is 0. The average molecular weight is 279 g/mol. The second-order valence-electron chi connectivity index (χ2n) is 3.98. The maximum Gasteiger partial charge on any atom is 0.421 e. The van der Waals surface area contributed by atoms with Crippen LogP contribution in [0.2, 0.25) is 5.02 Å². The molecule has 0 radical (unpaired) electrons. The molecule has 0 aliphatic heterocycles. The molecule has 6 heteroatoms. The predicted octanol–water partition coefficient (Wildman–Crippen LogP) is 2.83. The van der Waals surface area contributed by atoms with Crippen LogP contribution >= 0.6 is 11.6 Å². The van der Waals surface area contributed by atoms with E-state index in [4.69, 9.17) is 16.0 Å². The van der Waals surface area contributed by atoms with E-state index in [0.717, 1.165) is 0 Å². The molecule has 0 amide bonds. The second-order valence-corrected chi connectivity index (χ2v) is 4.39. The summed E-state index contributed by atoms with van der Waals surface area (Å²) >= 11 is 5.94. The van der Waals surface area contributed by atoms with Gasteiger partial charge < -0.3 is 4.42 Å². The lowest BCUT2D eigenvalue weighted by Gasteiger charge is -2.05. The summed E-state index contributed by atoms with van der Waals surface area (Å²) in [6.45, 7) is -0.0195. The number of benzene rings is 1. The maximum atomic E-state index is 13.7. The number of pyridine rings is 1. The number of halogens is 2. The molecule has 2 aromatic heterocycles. The zero-order valence-electron chi connectivity index (χ0n) is 9.64. The van der Waals surface area contributed by atoms with E-state index in [9.17, 15) is 9.18 Å². The van der Waals surface area contributed by atoms with Gasteiger partial charge in [-0.25, -0.2) is 14.2 Å². The lowest BCUT2D eigenvalue weighted by Crippen LogP contribution is -2.16. The molecule has 3 aromatic rings. The van der Waals surface area contributed by atoms with Gasteiger partial charge in [-0.3, -0.25) is 4.57 Å². The van der Waals surface area contributed by atoms with Crippen LogP contribution in [0, 0.1) is 5.82 Å². The number of rotatable bonds is 2. The van der Waals surface area contributed by atoms with E-state index < -0.39 is 11.6 Å². The van der Waals surface area contributed by atoms with Crippen LogP contribution < -0.4 is 5.76 Å². The standard InChI is InChI=1S/C13H8ClFN2O2/c14-9-3-1-4-10(15)8(9)7-17-12-11(19-13(17)18)5-2-6-16-12/h1-6H,7H2. The monoisotopic (exact) mass is 278 g/mol. The average Bonchev–Trinajstić information content (AvgIpc) is 2.70. The summed E-state index contributed by atoms with van der Waals surface area (Å²) in [6, 6.07) is 7.66. The Kier molecular flexibility index (Phi) is 2.83. The molecule has 0 N–H and O–H groups in total. The SMILES string of the molecule is O=c1oc2cccnc2n1Cc1c(F)cccc1Cl. The number of fused-ring (bicyclic) bond motifs is 1. The fourth-order valence-corrected chi connectivity index (χ4v) is 2.10. The summed E-state index contributed by atoms with van der Waals surface area (Å²) in [7, 11) is 0. The molecule has 1 aromatic carbocycles. The zero-order chi connectivity index (χ0) is 13.4. The second kappa shape index (κ2) is 4.51. The summed E-state index contributed by atoms with van der Waals surface area (Å²) in [5.41, 5.74) is 0.964. The molecular weight excluding hydrogens is 271 g/mol. The van der Waals surface area contributed by atoms with Crippen molar-refractivity contribution in [3.05, 3.63) is 63.5 Å². The van der Waals surface area contributed by atoms with E-state index in [-0.39, 0.29) is 17.1 Å². The highest BCUT2D eigenvalue weighted by Crippen LogP contribution is 2.21. The normalized spacial score (nSPS) is 11.1. The first kappa shape index (κ1) is 11.9. The highest BCUT2D eigenvalue weighted by molar-refractivity contribution is 6.31. The van der Waals surface area contributed by atoms with E-state index in [0.29, 0.717) is 11.2 Å². The Bertz CT molecular complexity index is 790. The van der Waals surface area contributed by atoms with Crippen LogP contribution in [0.1, 0.15) is 5.56 Å². The minimum Gasteiger partial charge on any atom is -0.406 e. The predicted molar refractivity (Wildman–Crippen MR) is 68.8 cm³/mol. The number of oxazole rings is 1. The molecule has 0 atom stereocenters. The smallest absolute Gasteiger partial charge is 0.406 e. The molecule has 4 nitrogen and oxygen atoms in total. The van der Waals surface area contributed by atoms with Crippen LogP contribution in [0.5, 0.6) is 0 Å². The van der Waals surface area contributed by atoms with Gasteiger partial charge in [0.25, 0.3) is 0 Å². The molecule has 0 bridgehead atoms. The minimum absolute atomic E-state index is 0.0195. The Morgan fingerprint density at radius 1 is 1.32 bits per heavy atom. The van der Waals surface area contributed by atoms with E-state index in [1.54, 1.807) is 18.2 Å². The highest BCUT2D eigenvalue weighted by atomic mass is 35.5. The summed E-state index contributed by atoms with van der Waals surface area (Å²) < 4.78 is 20.0. The molecule has 19 heavy (non-hydrogen) atoms. The summed E-state index contributed by atoms with van der Waals surface area (Å²) in [5, 5.41) is 0.261. The van der Waals surface area contributed by atoms with Crippen molar-refractivity contribution in [2.45, 2.75) is 6.54 Å². The van der Waals surface area contributed by atoms with Crippen molar-refractivity contribution < 1.29 is 8.81 Å². The van der Waals surface area contributed by atoms with Crippen molar-refractivity contribution in [1.82, 2.24) is 9.55 Å². The summed E-state index contributed by atoms with van der Waals surface area (Å²) in [5.74, 6) is -1.06. The van der Waals surface area contributed by atoms with E-state index in [1.807, 2.05) is 0 Å². The van der Waals surface area contributed by atoms with Crippen LogP contribution in [0.15, 0.2) is 45.7 Å². The first-order chi connectivity index (χ1) is 9.16. The van der Waals surface area contributed by atoms with Gasteiger partial charge in [-0.1, -0.05) is 17.7 Å². The third-order valence-corrected chi connectivity index (χ3v) is 3.16. The Balaban J connectivity index is 2.16. The molecule has 2 heterocycles. The van der Waals surface area contributed by atoms with Crippen molar-refractivity contribution in [2.75, 3.05) is 0 Å². The molecule has 0 aliphatic carbocycles. The molecule has 0 unspecified atom stereocenters. The van der Waals surface area contributed by atoms with Crippen LogP contribution in [-0.4, -0.2) is 9.55 Å². The van der Waals surface area contributed by atoms with E-state index in [1.165, 1.54) is 22.9 Å². The number of aromatic nitrogens is 2. The largest absolute Gasteiger partial charge is 0.421 e. The van der Waals surface area contributed by atoms with Crippen molar-refractivity contribution in [2.24, 2.45) is 0 Å². The maximum absolute atomic E-state index is 13.7. The summed E-state index contributed by atoms with van der Waals surface area (Å²) in [6.07, 6.45) is 1.54. The number of hydrogen-bond acceptors (Lipinski definition) is 3. The van der Waals surface area contributed by atoms with Gasteiger partial charge in [0.2, 0.25) is 0 Å². The minimum atomic E-state index is -0.590. The fourth-order valence-electron chi connectivity index (χ4n) is 1.88. The van der Waals surface area contributed by atoms with Crippen LogP contribution in [0.25, 0.3) is 11.2 Å². The van der Waals surface area contributed by atoms with Gasteiger partial charge in [0.15, 0.2) is 11.2 Å². The van der Waals surface area contributed by atoms with Gasteiger partial charge in [-0.05, 0) is 24.3 Å². The van der Waals surface area contributed by atoms with E-state index >= 15 is 0 Å². The molecule has 96 valence electrons. The van der Waals surface area contributed by atoms with Gasteiger partial charge in [0.05, 0.1) is 6.54 Å². The van der Waals surface area contributed by atoms with Crippen LogP contribution in [0.3, 0.4) is 0 Å². The third-order valence-electron chi connectivity index (χ3n) is 2.80. The lowest BCUT2D eigenvalue weighted by atomic mass is 10.2. The highest BCUT2D eigenvalue weighted by Gasteiger charge is 2.14. The molecule has 0 fully saturated rings. The third kappa shape index (κ3) is 2.02. The Labute approximate surface area is 112 Å². The molecule has 0 aliphatic rings. The van der Waals surface area contributed by atoms with E-state index in [2.05, 4.69) is 4.98 Å². The zero-order valence-corrected chi connectivity index (χ0v) is 10.4. The van der Waals surface area contributed by atoms with Crippen molar-refractivity contribution >= 4 is 22.8 Å². The summed E-state index contributed by atoms with van der Waals surface area (Å²) in [4.78, 5) is 15.8. The molecule has 3 rings (SSSR count). The quantitative estimate of drug-likeness (QED) is 0.724. The van der Waals surface area contributed by atoms with Crippen molar-refractivity contribution in [3.63, 3.8) is 0 Å². The lowest BCUT2D eigenvalue weighted by molar-refractivity contribution is 0.512. The van der Waals surface area contributed by atoms with Gasteiger partial charge in [0, 0.05) is 16.8 Å². The molecule has 0 saturated heterocycles. The topological polar surface area (TPSA) is 48.0 Å².